The molecule has 0 saturated heterocycles. The molecule has 0 fully saturated rings. The zero-order valence-corrected chi connectivity index (χ0v) is 15.3. The van der Waals surface area contributed by atoms with Crippen molar-refractivity contribution in [1.29, 1.82) is 0 Å². The molecule has 1 aliphatic rings. The Balaban J connectivity index is 1.64. The van der Waals surface area contributed by atoms with Gasteiger partial charge in [-0.1, -0.05) is 30.3 Å². The maximum atomic E-state index is 12.7. The fourth-order valence-electron chi connectivity index (χ4n) is 3.32. The van der Waals surface area contributed by atoms with Gasteiger partial charge in [-0.2, -0.15) is 0 Å². The van der Waals surface area contributed by atoms with Gasteiger partial charge >= 0.3 is 0 Å². The number of benzene rings is 2. The standard InChI is InChI=1S/C21H24N2O3/c1-16(24)23(19-8-5-9-20(14-19)26-2)13-11-21(25)22-12-10-17-6-3-4-7-18(17)15-22/h3-9,14H,10-13,15H2,1-2H3. The molecule has 0 atom stereocenters. The fraction of sp³-hybridized carbons (Fsp3) is 0.333. The number of nitrogens with zero attached hydrogens (tertiary/aromatic N) is 2. The maximum Gasteiger partial charge on any atom is 0.224 e. The normalized spacial score (nSPS) is 13.1. The Morgan fingerprint density at radius 2 is 1.88 bits per heavy atom. The lowest BCUT2D eigenvalue weighted by Crippen LogP contribution is -2.39. The smallest absolute Gasteiger partial charge is 0.224 e. The first-order valence-electron chi connectivity index (χ1n) is 8.85. The molecule has 1 heterocycles. The summed E-state index contributed by atoms with van der Waals surface area (Å²) in [4.78, 5) is 28.2. The molecule has 5 nitrogen and oxygen atoms in total. The lowest BCUT2D eigenvalue weighted by atomic mass is 10.00. The van der Waals surface area contributed by atoms with E-state index in [-0.39, 0.29) is 11.8 Å². The third kappa shape index (κ3) is 4.04. The quantitative estimate of drug-likeness (QED) is 0.831. The van der Waals surface area contributed by atoms with Crippen LogP contribution in [0.1, 0.15) is 24.5 Å². The summed E-state index contributed by atoms with van der Waals surface area (Å²) in [5.41, 5.74) is 3.27. The molecule has 5 heteroatoms. The minimum atomic E-state index is -0.0879. The van der Waals surface area contributed by atoms with Crippen LogP contribution in [0.15, 0.2) is 48.5 Å². The SMILES string of the molecule is COc1cccc(N(CCC(=O)N2CCc3ccccc3C2)C(C)=O)c1. The van der Waals surface area contributed by atoms with Crippen LogP contribution in [-0.4, -0.2) is 36.9 Å². The summed E-state index contributed by atoms with van der Waals surface area (Å²) in [6.45, 7) is 3.25. The number of ether oxygens (including phenoxy) is 1. The van der Waals surface area contributed by atoms with Crippen molar-refractivity contribution in [3.8, 4) is 5.75 Å². The Kier molecular flexibility index (Phi) is 5.56. The minimum absolute atomic E-state index is 0.0775. The van der Waals surface area contributed by atoms with Gasteiger partial charge in [-0.05, 0) is 29.7 Å². The van der Waals surface area contributed by atoms with Crippen molar-refractivity contribution in [2.75, 3.05) is 25.1 Å². The van der Waals surface area contributed by atoms with Crippen LogP contribution in [0.4, 0.5) is 5.69 Å². The monoisotopic (exact) mass is 352 g/mol. The molecule has 0 saturated carbocycles. The van der Waals surface area contributed by atoms with Crippen LogP contribution in [0, 0.1) is 0 Å². The Bertz CT molecular complexity index is 803. The summed E-state index contributed by atoms with van der Waals surface area (Å²) in [5.74, 6) is 0.677. The van der Waals surface area contributed by atoms with E-state index in [1.165, 1.54) is 18.1 Å². The number of carbonyl (C=O) groups is 2. The second kappa shape index (κ2) is 8.04. The summed E-state index contributed by atoms with van der Waals surface area (Å²) in [6, 6.07) is 15.6. The Labute approximate surface area is 154 Å². The summed E-state index contributed by atoms with van der Waals surface area (Å²) in [5, 5.41) is 0. The molecular formula is C21H24N2O3. The molecule has 0 aromatic heterocycles. The fourth-order valence-corrected chi connectivity index (χ4v) is 3.32. The van der Waals surface area contributed by atoms with Gasteiger partial charge in [0.05, 0.1) is 7.11 Å². The third-order valence-corrected chi connectivity index (χ3v) is 4.78. The predicted molar refractivity (Wildman–Crippen MR) is 101 cm³/mol. The van der Waals surface area contributed by atoms with Crippen LogP contribution in [0.3, 0.4) is 0 Å². The molecule has 2 aromatic rings. The Morgan fingerprint density at radius 1 is 1.12 bits per heavy atom. The zero-order chi connectivity index (χ0) is 18.5. The van der Waals surface area contributed by atoms with Crippen molar-refractivity contribution in [3.63, 3.8) is 0 Å². The molecule has 0 spiro atoms. The molecule has 136 valence electrons. The highest BCUT2D eigenvalue weighted by atomic mass is 16.5. The van der Waals surface area contributed by atoms with Crippen molar-refractivity contribution in [2.24, 2.45) is 0 Å². The van der Waals surface area contributed by atoms with Crippen LogP contribution < -0.4 is 9.64 Å². The van der Waals surface area contributed by atoms with Crippen LogP contribution in [0.2, 0.25) is 0 Å². The van der Waals surface area contributed by atoms with Gasteiger partial charge in [-0.3, -0.25) is 9.59 Å². The van der Waals surface area contributed by atoms with Crippen LogP contribution in [0.25, 0.3) is 0 Å². The average molecular weight is 352 g/mol. The summed E-state index contributed by atoms with van der Waals surface area (Å²) < 4.78 is 5.23. The first-order chi connectivity index (χ1) is 12.6. The van der Waals surface area contributed by atoms with E-state index in [0.717, 1.165) is 18.7 Å². The molecule has 2 amide bonds. The van der Waals surface area contributed by atoms with Gasteiger partial charge in [-0.25, -0.2) is 0 Å². The number of hydrogen-bond acceptors (Lipinski definition) is 3. The Hall–Kier alpha value is -2.82. The molecule has 0 aliphatic carbocycles. The molecule has 0 radical (unpaired) electrons. The molecular weight excluding hydrogens is 328 g/mol. The highest BCUT2D eigenvalue weighted by molar-refractivity contribution is 5.92. The van der Waals surface area contributed by atoms with Crippen molar-refractivity contribution < 1.29 is 14.3 Å². The lowest BCUT2D eigenvalue weighted by Gasteiger charge is -2.30. The van der Waals surface area contributed by atoms with E-state index < -0.39 is 0 Å². The third-order valence-electron chi connectivity index (χ3n) is 4.78. The molecule has 0 unspecified atom stereocenters. The number of fused-ring (bicyclic) bond motifs is 1. The molecule has 1 aliphatic heterocycles. The van der Waals surface area contributed by atoms with Gasteiger partial charge in [-0.15, -0.1) is 0 Å². The summed E-state index contributed by atoms with van der Waals surface area (Å²) in [7, 11) is 1.59. The van der Waals surface area contributed by atoms with Gasteiger partial charge in [0.1, 0.15) is 5.75 Å². The summed E-state index contributed by atoms with van der Waals surface area (Å²) >= 11 is 0. The van der Waals surface area contributed by atoms with Crippen molar-refractivity contribution in [2.45, 2.75) is 26.3 Å². The number of methoxy groups -OCH3 is 1. The maximum absolute atomic E-state index is 12.7. The Morgan fingerprint density at radius 3 is 2.62 bits per heavy atom. The zero-order valence-electron chi connectivity index (χ0n) is 15.3. The second-order valence-electron chi connectivity index (χ2n) is 6.46. The topological polar surface area (TPSA) is 49.9 Å². The van der Waals surface area contributed by atoms with Gasteiger partial charge < -0.3 is 14.5 Å². The van der Waals surface area contributed by atoms with E-state index in [4.69, 9.17) is 4.74 Å². The van der Waals surface area contributed by atoms with Gasteiger partial charge in [0, 0.05) is 44.7 Å². The molecule has 0 bridgehead atoms. The van der Waals surface area contributed by atoms with Crippen molar-refractivity contribution >= 4 is 17.5 Å². The highest BCUT2D eigenvalue weighted by Crippen LogP contribution is 2.22. The first kappa shape index (κ1) is 18.0. The first-order valence-corrected chi connectivity index (χ1v) is 8.85. The number of hydrogen-bond donors (Lipinski definition) is 0. The molecule has 2 aromatic carbocycles. The van der Waals surface area contributed by atoms with Crippen LogP contribution >= 0.6 is 0 Å². The number of carbonyl (C=O) groups excluding carboxylic acids is 2. The molecule has 26 heavy (non-hydrogen) atoms. The second-order valence-corrected chi connectivity index (χ2v) is 6.46. The van der Waals surface area contributed by atoms with Gasteiger partial charge in [0.25, 0.3) is 0 Å². The van der Waals surface area contributed by atoms with E-state index in [0.29, 0.717) is 25.3 Å². The van der Waals surface area contributed by atoms with Gasteiger partial charge in [0.2, 0.25) is 11.8 Å². The van der Waals surface area contributed by atoms with E-state index in [1.807, 2.05) is 41.3 Å². The van der Waals surface area contributed by atoms with E-state index >= 15 is 0 Å². The number of rotatable bonds is 5. The number of amides is 2. The summed E-state index contributed by atoms with van der Waals surface area (Å²) in [6.07, 6.45) is 1.19. The van der Waals surface area contributed by atoms with Crippen molar-refractivity contribution in [3.05, 3.63) is 59.7 Å². The van der Waals surface area contributed by atoms with Crippen LogP contribution in [-0.2, 0) is 22.6 Å². The van der Waals surface area contributed by atoms with Crippen molar-refractivity contribution in [1.82, 2.24) is 4.90 Å². The molecule has 0 N–H and O–H groups in total. The van der Waals surface area contributed by atoms with Gasteiger partial charge in [0.15, 0.2) is 0 Å². The van der Waals surface area contributed by atoms with Crippen LogP contribution in [0.5, 0.6) is 5.75 Å². The minimum Gasteiger partial charge on any atom is -0.497 e. The van der Waals surface area contributed by atoms with E-state index in [2.05, 4.69) is 12.1 Å². The van der Waals surface area contributed by atoms with E-state index in [1.54, 1.807) is 12.0 Å². The lowest BCUT2D eigenvalue weighted by molar-refractivity contribution is -0.131. The molecule has 3 rings (SSSR count). The van der Waals surface area contributed by atoms with E-state index in [9.17, 15) is 9.59 Å². The predicted octanol–water partition coefficient (Wildman–Crippen LogP) is 3.02. The number of anilines is 1. The highest BCUT2D eigenvalue weighted by Gasteiger charge is 2.21. The largest absolute Gasteiger partial charge is 0.497 e. The average Bonchev–Trinajstić information content (AvgIpc) is 2.67.